The Kier molecular flexibility index (Phi) is 4.76. The predicted octanol–water partition coefficient (Wildman–Crippen LogP) is 3.20. The molecule has 0 amide bonds. The minimum absolute atomic E-state index is 0.0126. The van der Waals surface area contributed by atoms with Crippen LogP contribution in [-0.4, -0.2) is 16.5 Å². The lowest BCUT2D eigenvalue weighted by molar-refractivity contribution is -0.384. The van der Waals surface area contributed by atoms with E-state index in [4.69, 9.17) is 5.73 Å². The van der Waals surface area contributed by atoms with E-state index < -0.39 is 4.92 Å². The number of nitrogens with one attached hydrogen (secondary N) is 1. The van der Waals surface area contributed by atoms with Gasteiger partial charge in [-0.05, 0) is 30.7 Å². The van der Waals surface area contributed by atoms with Crippen LogP contribution in [0.3, 0.4) is 0 Å². The molecule has 0 aliphatic heterocycles. The molecule has 3 N–H and O–H groups in total. The van der Waals surface area contributed by atoms with Crippen molar-refractivity contribution in [3.8, 4) is 0 Å². The largest absolute Gasteiger partial charge is 0.384 e. The van der Waals surface area contributed by atoms with Crippen molar-refractivity contribution in [2.45, 2.75) is 39.0 Å². The first-order valence-corrected chi connectivity index (χ1v) is 7.25. The van der Waals surface area contributed by atoms with Crippen LogP contribution in [0.2, 0.25) is 0 Å². The molecule has 1 fully saturated rings. The molecule has 1 aliphatic carbocycles. The van der Waals surface area contributed by atoms with E-state index >= 15 is 0 Å². The summed E-state index contributed by atoms with van der Waals surface area (Å²) in [5.41, 5.74) is 5.59. The van der Waals surface area contributed by atoms with Crippen molar-refractivity contribution in [3.05, 3.63) is 22.2 Å². The molecular formula is C14H22N4O2. The maximum absolute atomic E-state index is 11.0. The van der Waals surface area contributed by atoms with Crippen LogP contribution in [0.1, 0.15) is 39.0 Å². The van der Waals surface area contributed by atoms with Gasteiger partial charge < -0.3 is 11.1 Å². The summed E-state index contributed by atoms with van der Waals surface area (Å²) in [6.07, 6.45) is 6.14. The van der Waals surface area contributed by atoms with Gasteiger partial charge in [-0.3, -0.25) is 10.1 Å². The molecule has 2 rings (SSSR count). The molecule has 110 valence electrons. The number of anilines is 2. The number of hydrogen-bond donors (Lipinski definition) is 2. The molecule has 1 aliphatic rings. The lowest BCUT2D eigenvalue weighted by Gasteiger charge is -2.27. The molecule has 1 heterocycles. The van der Waals surface area contributed by atoms with Gasteiger partial charge in [0.25, 0.3) is 0 Å². The number of pyridine rings is 1. The number of nitrogen functional groups attached to an aromatic ring is 1. The van der Waals surface area contributed by atoms with E-state index in [1.54, 1.807) is 0 Å². The van der Waals surface area contributed by atoms with Gasteiger partial charge in [0.2, 0.25) is 5.82 Å². The van der Waals surface area contributed by atoms with E-state index in [9.17, 15) is 10.1 Å². The summed E-state index contributed by atoms with van der Waals surface area (Å²) in [6.45, 7) is 2.97. The third-order valence-electron chi connectivity index (χ3n) is 4.19. The topological polar surface area (TPSA) is 94.1 Å². The van der Waals surface area contributed by atoms with Crippen molar-refractivity contribution >= 4 is 17.3 Å². The maximum Gasteiger partial charge on any atom is 0.311 e. The number of hydrogen-bond acceptors (Lipinski definition) is 5. The van der Waals surface area contributed by atoms with Crippen molar-refractivity contribution in [3.63, 3.8) is 0 Å². The summed E-state index contributed by atoms with van der Waals surface area (Å²) >= 11 is 0. The van der Waals surface area contributed by atoms with Gasteiger partial charge in [-0.25, -0.2) is 4.98 Å². The highest BCUT2D eigenvalue weighted by molar-refractivity contribution is 5.59. The monoisotopic (exact) mass is 278 g/mol. The Balaban J connectivity index is 1.94. The van der Waals surface area contributed by atoms with Crippen LogP contribution in [-0.2, 0) is 0 Å². The Bertz CT molecular complexity index is 470. The van der Waals surface area contributed by atoms with Crippen LogP contribution in [0, 0.1) is 22.0 Å². The van der Waals surface area contributed by atoms with Crippen molar-refractivity contribution in [2.24, 2.45) is 11.8 Å². The fourth-order valence-electron chi connectivity index (χ4n) is 2.83. The van der Waals surface area contributed by atoms with Gasteiger partial charge in [0.15, 0.2) is 0 Å². The lowest BCUT2D eigenvalue weighted by Crippen LogP contribution is -2.21. The first-order valence-electron chi connectivity index (χ1n) is 7.25. The van der Waals surface area contributed by atoms with Gasteiger partial charge in [0, 0.05) is 12.6 Å². The van der Waals surface area contributed by atoms with E-state index in [0.29, 0.717) is 11.7 Å². The molecule has 0 atom stereocenters. The molecule has 0 saturated heterocycles. The molecule has 6 heteroatoms. The molecule has 6 nitrogen and oxygen atoms in total. The molecule has 20 heavy (non-hydrogen) atoms. The second kappa shape index (κ2) is 6.54. The summed E-state index contributed by atoms with van der Waals surface area (Å²) in [7, 11) is 0. The fourth-order valence-corrected chi connectivity index (χ4v) is 2.83. The molecule has 1 aromatic rings. The van der Waals surface area contributed by atoms with Crippen LogP contribution in [0.25, 0.3) is 0 Å². The first-order chi connectivity index (χ1) is 9.60. The van der Waals surface area contributed by atoms with Crippen LogP contribution in [0.5, 0.6) is 0 Å². The van der Waals surface area contributed by atoms with Crippen molar-refractivity contribution in [1.29, 1.82) is 0 Å². The van der Waals surface area contributed by atoms with Gasteiger partial charge in [-0.1, -0.05) is 26.2 Å². The number of nitrogens with two attached hydrogens (primary N) is 1. The molecule has 0 bridgehead atoms. The van der Waals surface area contributed by atoms with Gasteiger partial charge in [-0.2, -0.15) is 0 Å². The summed E-state index contributed by atoms with van der Waals surface area (Å²) in [6, 6.07) is 2.86. The maximum atomic E-state index is 11.0. The van der Waals surface area contributed by atoms with Crippen LogP contribution in [0.4, 0.5) is 17.3 Å². The summed E-state index contributed by atoms with van der Waals surface area (Å²) < 4.78 is 0. The molecule has 0 radical (unpaired) electrons. The average Bonchev–Trinajstić information content (AvgIpc) is 2.45. The zero-order chi connectivity index (χ0) is 14.5. The number of rotatable bonds is 5. The van der Waals surface area contributed by atoms with E-state index in [-0.39, 0.29) is 11.5 Å². The second-order valence-electron chi connectivity index (χ2n) is 5.54. The normalized spacial score (nSPS) is 22.4. The van der Waals surface area contributed by atoms with Gasteiger partial charge in [-0.15, -0.1) is 0 Å². The van der Waals surface area contributed by atoms with E-state index in [1.165, 1.54) is 44.2 Å². The highest BCUT2D eigenvalue weighted by Gasteiger charge is 2.21. The lowest BCUT2D eigenvalue weighted by atomic mass is 9.81. The molecule has 0 spiro atoms. The Labute approximate surface area is 118 Å². The summed E-state index contributed by atoms with van der Waals surface area (Å²) in [4.78, 5) is 14.6. The smallest absolute Gasteiger partial charge is 0.311 e. The zero-order valence-electron chi connectivity index (χ0n) is 11.8. The third kappa shape index (κ3) is 3.59. The number of nitrogens with zero attached hydrogens (tertiary/aromatic N) is 2. The van der Waals surface area contributed by atoms with E-state index in [2.05, 4.69) is 17.2 Å². The summed E-state index contributed by atoms with van der Waals surface area (Å²) in [5.74, 6) is 2.01. The zero-order valence-corrected chi connectivity index (χ0v) is 11.8. The Morgan fingerprint density at radius 2 is 2.00 bits per heavy atom. The van der Waals surface area contributed by atoms with Crippen LogP contribution in [0.15, 0.2) is 12.1 Å². The van der Waals surface area contributed by atoms with Gasteiger partial charge in [0.05, 0.1) is 4.92 Å². The molecular weight excluding hydrogens is 256 g/mol. The summed E-state index contributed by atoms with van der Waals surface area (Å²) in [5, 5.41) is 14.1. The fraction of sp³-hybridized carbons (Fsp3) is 0.643. The first kappa shape index (κ1) is 14.6. The molecule has 0 aromatic carbocycles. The molecule has 1 aromatic heterocycles. The minimum Gasteiger partial charge on any atom is -0.384 e. The van der Waals surface area contributed by atoms with E-state index in [1.807, 2.05) is 0 Å². The third-order valence-corrected chi connectivity index (χ3v) is 4.19. The Morgan fingerprint density at radius 3 is 2.60 bits per heavy atom. The van der Waals surface area contributed by atoms with Crippen molar-refractivity contribution in [2.75, 3.05) is 17.6 Å². The highest BCUT2D eigenvalue weighted by atomic mass is 16.6. The Hall–Kier alpha value is -1.85. The second-order valence-corrected chi connectivity index (χ2v) is 5.54. The number of nitro groups is 1. The standard InChI is InChI=1S/C14H22N4O2/c1-2-10-3-5-11(6-4-10)9-16-14-12(18(19)20)7-8-13(15)17-14/h7-8,10-11H,2-6,9H2,1H3,(H3,15,16,17). The van der Waals surface area contributed by atoms with Crippen LogP contribution < -0.4 is 11.1 Å². The quantitative estimate of drug-likeness (QED) is 0.637. The van der Waals surface area contributed by atoms with Crippen LogP contribution >= 0.6 is 0 Å². The molecule has 1 saturated carbocycles. The van der Waals surface area contributed by atoms with Gasteiger partial charge in [0.1, 0.15) is 5.82 Å². The highest BCUT2D eigenvalue weighted by Crippen LogP contribution is 2.31. The molecule has 0 unspecified atom stereocenters. The average molecular weight is 278 g/mol. The van der Waals surface area contributed by atoms with Crippen molar-refractivity contribution < 1.29 is 4.92 Å². The van der Waals surface area contributed by atoms with Gasteiger partial charge >= 0.3 is 5.69 Å². The number of aromatic nitrogens is 1. The Morgan fingerprint density at radius 1 is 1.35 bits per heavy atom. The predicted molar refractivity (Wildman–Crippen MR) is 79.5 cm³/mol. The SMILES string of the molecule is CCC1CCC(CNc2nc(N)ccc2[N+](=O)[O-])CC1. The van der Waals surface area contributed by atoms with E-state index in [0.717, 1.165) is 12.5 Å². The van der Waals surface area contributed by atoms with Crippen molar-refractivity contribution in [1.82, 2.24) is 4.98 Å². The minimum atomic E-state index is -0.428.